The molecule has 2 amide bonds. The predicted octanol–water partition coefficient (Wildman–Crippen LogP) is 6.19. The summed E-state index contributed by atoms with van der Waals surface area (Å²) in [7, 11) is 0. The van der Waals surface area contributed by atoms with Crippen LogP contribution in [0.4, 0.5) is 14.9 Å². The normalized spacial score (nSPS) is 15.1. The average Bonchev–Trinajstić information content (AvgIpc) is 3.30. The summed E-state index contributed by atoms with van der Waals surface area (Å²) in [6, 6.07) is 12.0. The molecule has 10 heteroatoms. The van der Waals surface area contributed by atoms with E-state index in [4.69, 9.17) is 16.0 Å². The van der Waals surface area contributed by atoms with Crippen LogP contribution in [0.25, 0.3) is 17.4 Å². The standard InChI is InChI=1S/C22H14ClFN2O5S/c1-12-5-6-13(9-18(12)26(29)30)19-8-7-14(31-19)10-20-21(27)25(22(28)32-20)11-15-16(23)3-2-4-17(15)24/h2-10H,11H2,1H3/b20-10+. The Morgan fingerprint density at radius 1 is 1.22 bits per heavy atom. The molecular formula is C22H14ClFN2O5S. The highest BCUT2D eigenvalue weighted by atomic mass is 35.5. The molecule has 1 aliphatic heterocycles. The predicted molar refractivity (Wildman–Crippen MR) is 118 cm³/mol. The molecule has 0 unspecified atom stereocenters. The minimum absolute atomic E-state index is 0.0339. The molecule has 1 aliphatic rings. The van der Waals surface area contributed by atoms with Gasteiger partial charge in [0.2, 0.25) is 0 Å². The number of hydrogen-bond donors (Lipinski definition) is 0. The van der Waals surface area contributed by atoms with Crippen molar-refractivity contribution in [2.75, 3.05) is 0 Å². The lowest BCUT2D eigenvalue weighted by molar-refractivity contribution is -0.385. The van der Waals surface area contributed by atoms with Crippen molar-refractivity contribution >= 4 is 46.3 Å². The molecule has 0 atom stereocenters. The molecule has 3 aromatic rings. The molecule has 0 saturated carbocycles. The van der Waals surface area contributed by atoms with Gasteiger partial charge in [-0.2, -0.15) is 0 Å². The minimum atomic E-state index is -0.608. The Balaban J connectivity index is 1.57. The number of nitrogens with zero attached hydrogens (tertiary/aromatic N) is 2. The molecular weight excluding hydrogens is 459 g/mol. The van der Waals surface area contributed by atoms with Gasteiger partial charge in [-0.25, -0.2) is 4.39 Å². The van der Waals surface area contributed by atoms with Crippen molar-refractivity contribution in [3.8, 4) is 11.3 Å². The Bertz CT molecular complexity index is 1280. The lowest BCUT2D eigenvalue weighted by Gasteiger charge is -2.14. The SMILES string of the molecule is Cc1ccc(-c2ccc(/C=C3/SC(=O)N(Cc4c(F)cccc4Cl)C3=O)o2)cc1[N+](=O)[O-]. The fourth-order valence-corrected chi connectivity index (χ4v) is 4.19. The van der Waals surface area contributed by atoms with E-state index >= 15 is 0 Å². The number of carbonyl (C=O) groups excluding carboxylic acids is 2. The largest absolute Gasteiger partial charge is 0.457 e. The third kappa shape index (κ3) is 4.17. The third-order valence-corrected chi connectivity index (χ3v) is 6.10. The zero-order valence-corrected chi connectivity index (χ0v) is 18.1. The van der Waals surface area contributed by atoms with Crippen LogP contribution in [0.2, 0.25) is 5.02 Å². The number of imide groups is 1. The van der Waals surface area contributed by atoms with Crippen molar-refractivity contribution in [3.63, 3.8) is 0 Å². The van der Waals surface area contributed by atoms with Crippen LogP contribution in [0, 0.1) is 22.9 Å². The highest BCUT2D eigenvalue weighted by molar-refractivity contribution is 8.18. The van der Waals surface area contributed by atoms with Crippen molar-refractivity contribution in [2.24, 2.45) is 0 Å². The van der Waals surface area contributed by atoms with Gasteiger partial charge in [-0.1, -0.05) is 29.8 Å². The fourth-order valence-electron chi connectivity index (χ4n) is 3.15. The maximum Gasteiger partial charge on any atom is 0.293 e. The van der Waals surface area contributed by atoms with E-state index in [0.717, 1.165) is 4.90 Å². The van der Waals surface area contributed by atoms with E-state index in [9.17, 15) is 24.1 Å². The number of benzene rings is 2. The molecule has 1 aromatic heterocycles. The second kappa shape index (κ2) is 8.60. The Labute approximate surface area is 190 Å². The Morgan fingerprint density at radius 2 is 2.00 bits per heavy atom. The summed E-state index contributed by atoms with van der Waals surface area (Å²) in [5.74, 6) is -0.541. The molecule has 2 heterocycles. The van der Waals surface area contributed by atoms with Gasteiger partial charge in [-0.15, -0.1) is 0 Å². The third-order valence-electron chi connectivity index (χ3n) is 4.84. The summed E-state index contributed by atoms with van der Waals surface area (Å²) >= 11 is 6.71. The second-order valence-corrected chi connectivity index (χ2v) is 8.33. The lowest BCUT2D eigenvalue weighted by Crippen LogP contribution is -2.28. The Morgan fingerprint density at radius 3 is 2.72 bits per heavy atom. The molecule has 7 nitrogen and oxygen atoms in total. The van der Waals surface area contributed by atoms with Gasteiger partial charge in [-0.05, 0) is 43.0 Å². The van der Waals surface area contributed by atoms with E-state index in [0.29, 0.717) is 28.6 Å². The zero-order chi connectivity index (χ0) is 23.0. The maximum atomic E-state index is 14.1. The topological polar surface area (TPSA) is 93.7 Å². The number of nitro benzene ring substituents is 1. The number of amides is 2. The molecule has 0 bridgehead atoms. The Hall–Kier alpha value is -3.43. The van der Waals surface area contributed by atoms with Crippen LogP contribution in [-0.2, 0) is 11.3 Å². The number of aryl methyl sites for hydroxylation is 1. The monoisotopic (exact) mass is 472 g/mol. The van der Waals surface area contributed by atoms with E-state index in [2.05, 4.69) is 0 Å². The first-order valence-corrected chi connectivity index (χ1v) is 10.5. The highest BCUT2D eigenvalue weighted by Gasteiger charge is 2.36. The number of rotatable bonds is 5. The second-order valence-electron chi connectivity index (χ2n) is 6.93. The van der Waals surface area contributed by atoms with Crippen LogP contribution >= 0.6 is 23.4 Å². The minimum Gasteiger partial charge on any atom is -0.457 e. The van der Waals surface area contributed by atoms with Gasteiger partial charge < -0.3 is 4.42 Å². The summed E-state index contributed by atoms with van der Waals surface area (Å²) in [6.45, 7) is 1.35. The lowest BCUT2D eigenvalue weighted by atomic mass is 10.1. The van der Waals surface area contributed by atoms with Crippen LogP contribution in [0.1, 0.15) is 16.9 Å². The summed E-state index contributed by atoms with van der Waals surface area (Å²) in [4.78, 5) is 36.8. The smallest absolute Gasteiger partial charge is 0.293 e. The van der Waals surface area contributed by atoms with Gasteiger partial charge in [0.05, 0.1) is 16.4 Å². The average molecular weight is 473 g/mol. The van der Waals surface area contributed by atoms with E-state index in [1.807, 2.05) is 0 Å². The van der Waals surface area contributed by atoms with Crippen LogP contribution in [0.3, 0.4) is 0 Å². The quantitative estimate of drug-likeness (QED) is 0.249. The molecule has 32 heavy (non-hydrogen) atoms. The summed E-state index contributed by atoms with van der Waals surface area (Å²) in [5.41, 5.74) is 1.05. The van der Waals surface area contributed by atoms with Gasteiger partial charge in [0.1, 0.15) is 17.3 Å². The van der Waals surface area contributed by atoms with E-state index in [1.165, 1.54) is 30.3 Å². The first-order valence-electron chi connectivity index (χ1n) is 9.28. The Kier molecular flexibility index (Phi) is 5.86. The number of hydrogen-bond acceptors (Lipinski definition) is 6. The van der Waals surface area contributed by atoms with Gasteiger partial charge in [0.15, 0.2) is 0 Å². The number of halogens is 2. The molecule has 4 rings (SSSR count). The van der Waals surface area contributed by atoms with Crippen molar-refractivity contribution in [2.45, 2.75) is 13.5 Å². The van der Waals surface area contributed by atoms with Crippen LogP contribution in [0.15, 0.2) is 57.9 Å². The van der Waals surface area contributed by atoms with E-state index in [-0.39, 0.29) is 33.5 Å². The fraction of sp³-hybridized carbons (Fsp3) is 0.0909. The van der Waals surface area contributed by atoms with Crippen molar-refractivity contribution in [1.82, 2.24) is 4.90 Å². The van der Waals surface area contributed by atoms with Crippen molar-refractivity contribution < 1.29 is 23.3 Å². The number of thioether (sulfide) groups is 1. The van der Waals surface area contributed by atoms with Gasteiger partial charge in [0, 0.05) is 33.9 Å². The van der Waals surface area contributed by atoms with Crippen LogP contribution in [-0.4, -0.2) is 21.0 Å². The molecule has 1 saturated heterocycles. The number of furan rings is 1. The van der Waals surface area contributed by atoms with Crippen LogP contribution < -0.4 is 0 Å². The van der Waals surface area contributed by atoms with E-state index in [1.54, 1.807) is 31.2 Å². The molecule has 2 aromatic carbocycles. The summed E-state index contributed by atoms with van der Waals surface area (Å²) < 4.78 is 19.8. The first-order chi connectivity index (χ1) is 15.2. The molecule has 1 fully saturated rings. The molecule has 0 spiro atoms. The number of nitro groups is 1. The molecule has 0 aliphatic carbocycles. The van der Waals surface area contributed by atoms with E-state index < -0.39 is 21.9 Å². The molecule has 162 valence electrons. The van der Waals surface area contributed by atoms with Crippen LogP contribution in [0.5, 0.6) is 0 Å². The molecule has 0 radical (unpaired) electrons. The summed E-state index contributed by atoms with van der Waals surface area (Å²) in [6.07, 6.45) is 1.40. The number of carbonyl (C=O) groups is 2. The van der Waals surface area contributed by atoms with Gasteiger partial charge in [-0.3, -0.25) is 24.6 Å². The maximum absolute atomic E-state index is 14.1. The van der Waals surface area contributed by atoms with Gasteiger partial charge >= 0.3 is 0 Å². The van der Waals surface area contributed by atoms with Crippen molar-refractivity contribution in [3.05, 3.63) is 91.3 Å². The molecule has 0 N–H and O–H groups in total. The van der Waals surface area contributed by atoms with Gasteiger partial charge in [0.25, 0.3) is 16.8 Å². The highest BCUT2D eigenvalue weighted by Crippen LogP contribution is 2.36. The summed E-state index contributed by atoms with van der Waals surface area (Å²) in [5, 5.41) is 10.7. The first kappa shape index (κ1) is 21.8. The van der Waals surface area contributed by atoms with Crippen molar-refractivity contribution in [1.29, 1.82) is 0 Å². The zero-order valence-electron chi connectivity index (χ0n) is 16.5.